The van der Waals surface area contributed by atoms with Crippen molar-refractivity contribution in [2.24, 2.45) is 0 Å². The van der Waals surface area contributed by atoms with Gasteiger partial charge in [0.1, 0.15) is 12.1 Å². The van der Waals surface area contributed by atoms with Gasteiger partial charge in [0.2, 0.25) is 5.91 Å². The molecule has 1 N–H and O–H groups in total. The van der Waals surface area contributed by atoms with E-state index in [0.717, 1.165) is 11.1 Å². The standard InChI is InChI=1S/C25H30N2O5/c1-4-27(16-21(28)32-17-19-11-7-6-8-12-19)25(14-15-25)24(30)26-22-18(3)10-9-13-20(22)23(29)31-5-2/h6-13H,4-5,14-17H2,1-3H3,(H,26,30). The number of nitrogens with one attached hydrogen (secondary N) is 1. The highest BCUT2D eigenvalue weighted by molar-refractivity contribution is 6.06. The summed E-state index contributed by atoms with van der Waals surface area (Å²) in [5.41, 5.74) is 1.67. The Morgan fingerprint density at radius 3 is 2.34 bits per heavy atom. The number of esters is 2. The molecular weight excluding hydrogens is 408 g/mol. The van der Waals surface area contributed by atoms with Crippen molar-refractivity contribution in [2.45, 2.75) is 45.8 Å². The minimum absolute atomic E-state index is 0.0231. The van der Waals surface area contributed by atoms with Crippen molar-refractivity contribution in [2.75, 3.05) is 25.0 Å². The van der Waals surface area contributed by atoms with Gasteiger partial charge in [-0.1, -0.05) is 49.4 Å². The van der Waals surface area contributed by atoms with E-state index in [-0.39, 0.29) is 31.6 Å². The Labute approximate surface area is 188 Å². The second-order valence-electron chi connectivity index (χ2n) is 7.86. The largest absolute Gasteiger partial charge is 0.462 e. The van der Waals surface area contributed by atoms with E-state index < -0.39 is 11.5 Å². The van der Waals surface area contributed by atoms with Crippen LogP contribution in [0.2, 0.25) is 0 Å². The summed E-state index contributed by atoms with van der Waals surface area (Å²) in [6.07, 6.45) is 1.28. The summed E-state index contributed by atoms with van der Waals surface area (Å²) < 4.78 is 10.5. The van der Waals surface area contributed by atoms with E-state index in [0.29, 0.717) is 30.6 Å². The van der Waals surface area contributed by atoms with Gasteiger partial charge in [-0.3, -0.25) is 14.5 Å². The van der Waals surface area contributed by atoms with E-state index in [1.165, 1.54) is 0 Å². The SMILES string of the molecule is CCOC(=O)c1cccc(C)c1NC(=O)C1(N(CC)CC(=O)OCc2ccccc2)CC1. The predicted molar refractivity (Wildman–Crippen MR) is 121 cm³/mol. The van der Waals surface area contributed by atoms with Crippen LogP contribution in [0.3, 0.4) is 0 Å². The molecule has 2 aromatic rings. The zero-order valence-electron chi connectivity index (χ0n) is 18.8. The predicted octanol–water partition coefficient (Wildman–Crippen LogP) is 3.71. The first-order chi connectivity index (χ1) is 15.4. The molecule has 0 radical (unpaired) electrons. The monoisotopic (exact) mass is 438 g/mol. The lowest BCUT2D eigenvalue weighted by molar-refractivity contribution is -0.147. The van der Waals surface area contributed by atoms with Gasteiger partial charge in [-0.25, -0.2) is 4.79 Å². The minimum atomic E-state index is -0.783. The summed E-state index contributed by atoms with van der Waals surface area (Å²) in [5, 5.41) is 2.93. The summed E-state index contributed by atoms with van der Waals surface area (Å²) in [4.78, 5) is 39.9. The Bertz CT molecular complexity index is 970. The lowest BCUT2D eigenvalue weighted by Gasteiger charge is -2.29. The number of aryl methyl sites for hydroxylation is 1. The third kappa shape index (κ3) is 5.34. The molecule has 1 saturated carbocycles. The number of hydrogen-bond donors (Lipinski definition) is 1. The number of benzene rings is 2. The summed E-state index contributed by atoms with van der Waals surface area (Å²) in [6.45, 7) is 6.47. The smallest absolute Gasteiger partial charge is 0.340 e. The van der Waals surface area contributed by atoms with Crippen molar-refractivity contribution in [3.05, 3.63) is 65.2 Å². The summed E-state index contributed by atoms with van der Waals surface area (Å²) in [6, 6.07) is 14.7. The molecule has 0 heterocycles. The second-order valence-corrected chi connectivity index (χ2v) is 7.86. The van der Waals surface area contributed by atoms with Crippen molar-refractivity contribution >= 4 is 23.5 Å². The molecule has 2 aromatic carbocycles. The number of anilines is 1. The number of carbonyl (C=O) groups excluding carboxylic acids is 3. The Hall–Kier alpha value is -3.19. The van der Waals surface area contributed by atoms with Gasteiger partial charge in [0.05, 0.1) is 24.4 Å². The first-order valence-electron chi connectivity index (χ1n) is 10.9. The Kier molecular flexibility index (Phi) is 7.64. The fraction of sp³-hybridized carbons (Fsp3) is 0.400. The Morgan fingerprint density at radius 1 is 1.00 bits per heavy atom. The number of likely N-dealkylation sites (N-methyl/N-ethyl adjacent to an activating group) is 1. The number of hydrogen-bond acceptors (Lipinski definition) is 6. The summed E-state index contributed by atoms with van der Waals surface area (Å²) in [7, 11) is 0. The molecule has 1 aliphatic carbocycles. The molecule has 0 bridgehead atoms. The van der Waals surface area contributed by atoms with Crippen LogP contribution >= 0.6 is 0 Å². The first kappa shape index (κ1) is 23.5. The summed E-state index contributed by atoms with van der Waals surface area (Å²) >= 11 is 0. The van der Waals surface area contributed by atoms with Crippen molar-refractivity contribution in [3.63, 3.8) is 0 Å². The normalized spacial score (nSPS) is 14.0. The molecule has 0 aromatic heterocycles. The number of nitrogens with zero attached hydrogens (tertiary/aromatic N) is 1. The van der Waals surface area contributed by atoms with Crippen molar-refractivity contribution < 1.29 is 23.9 Å². The molecule has 0 spiro atoms. The highest BCUT2D eigenvalue weighted by atomic mass is 16.5. The van der Waals surface area contributed by atoms with Crippen LogP contribution in [0.1, 0.15) is 48.2 Å². The van der Waals surface area contributed by atoms with Crippen molar-refractivity contribution in [1.29, 1.82) is 0 Å². The van der Waals surface area contributed by atoms with E-state index in [1.807, 2.05) is 55.1 Å². The van der Waals surface area contributed by atoms with Gasteiger partial charge in [0.15, 0.2) is 0 Å². The molecule has 0 unspecified atom stereocenters. The van der Waals surface area contributed by atoms with E-state index in [1.54, 1.807) is 19.1 Å². The van der Waals surface area contributed by atoms with E-state index in [4.69, 9.17) is 9.47 Å². The average molecular weight is 439 g/mol. The van der Waals surface area contributed by atoms with Crippen LogP contribution in [0, 0.1) is 6.92 Å². The van der Waals surface area contributed by atoms with Crippen LogP contribution in [0.25, 0.3) is 0 Å². The highest BCUT2D eigenvalue weighted by Gasteiger charge is 2.54. The Morgan fingerprint density at radius 2 is 1.72 bits per heavy atom. The van der Waals surface area contributed by atoms with Crippen molar-refractivity contribution in [3.8, 4) is 0 Å². The number of ether oxygens (including phenoxy) is 2. The zero-order chi connectivity index (χ0) is 23.1. The number of rotatable bonds is 10. The van der Waals surface area contributed by atoms with Gasteiger partial charge in [0, 0.05) is 0 Å². The molecule has 32 heavy (non-hydrogen) atoms. The molecule has 1 fully saturated rings. The van der Waals surface area contributed by atoms with Crippen LogP contribution in [-0.2, 0) is 25.7 Å². The van der Waals surface area contributed by atoms with Crippen LogP contribution < -0.4 is 5.32 Å². The fourth-order valence-corrected chi connectivity index (χ4v) is 3.75. The topological polar surface area (TPSA) is 84.9 Å². The van der Waals surface area contributed by atoms with Crippen LogP contribution in [0.15, 0.2) is 48.5 Å². The molecule has 1 aliphatic rings. The Balaban J connectivity index is 1.68. The van der Waals surface area contributed by atoms with Gasteiger partial charge in [-0.05, 0) is 50.4 Å². The quantitative estimate of drug-likeness (QED) is 0.570. The van der Waals surface area contributed by atoms with Gasteiger partial charge in [-0.2, -0.15) is 0 Å². The van der Waals surface area contributed by atoms with E-state index in [2.05, 4.69) is 5.32 Å². The number of amides is 1. The minimum Gasteiger partial charge on any atom is -0.462 e. The maximum Gasteiger partial charge on any atom is 0.340 e. The van der Waals surface area contributed by atoms with Gasteiger partial charge >= 0.3 is 11.9 Å². The van der Waals surface area contributed by atoms with Crippen LogP contribution in [0.4, 0.5) is 5.69 Å². The first-order valence-corrected chi connectivity index (χ1v) is 10.9. The molecule has 0 saturated heterocycles. The molecule has 7 heteroatoms. The number of carbonyl (C=O) groups is 3. The molecule has 0 aliphatic heterocycles. The molecular formula is C25H30N2O5. The zero-order valence-corrected chi connectivity index (χ0v) is 18.8. The van der Waals surface area contributed by atoms with Gasteiger partial charge in [0.25, 0.3) is 0 Å². The lowest BCUT2D eigenvalue weighted by atomic mass is 10.1. The molecule has 3 rings (SSSR count). The average Bonchev–Trinajstić information content (AvgIpc) is 3.60. The van der Waals surface area contributed by atoms with E-state index >= 15 is 0 Å². The third-order valence-corrected chi connectivity index (χ3v) is 5.70. The fourth-order valence-electron chi connectivity index (χ4n) is 3.75. The van der Waals surface area contributed by atoms with Gasteiger partial charge < -0.3 is 14.8 Å². The molecule has 0 atom stereocenters. The summed E-state index contributed by atoms with van der Waals surface area (Å²) in [5.74, 6) is -1.08. The lowest BCUT2D eigenvalue weighted by Crippen LogP contribution is -2.49. The van der Waals surface area contributed by atoms with Crippen LogP contribution in [-0.4, -0.2) is 48.0 Å². The molecule has 170 valence electrons. The maximum atomic E-state index is 13.3. The number of para-hydroxylation sites is 1. The van der Waals surface area contributed by atoms with Crippen molar-refractivity contribution in [1.82, 2.24) is 4.90 Å². The molecule has 7 nitrogen and oxygen atoms in total. The third-order valence-electron chi connectivity index (χ3n) is 5.70. The van der Waals surface area contributed by atoms with E-state index in [9.17, 15) is 14.4 Å². The van der Waals surface area contributed by atoms with Crippen LogP contribution in [0.5, 0.6) is 0 Å². The maximum absolute atomic E-state index is 13.3. The molecule has 1 amide bonds. The second kappa shape index (κ2) is 10.4. The highest BCUT2D eigenvalue weighted by Crippen LogP contribution is 2.43. The van der Waals surface area contributed by atoms with Gasteiger partial charge in [-0.15, -0.1) is 0 Å².